The number of nitrogens with zero attached hydrogens (tertiary/aromatic N) is 4. The van der Waals surface area contributed by atoms with E-state index in [0.717, 1.165) is 16.4 Å². The third-order valence-electron chi connectivity index (χ3n) is 4.85. The Kier molecular flexibility index (Phi) is 5.31. The van der Waals surface area contributed by atoms with Gasteiger partial charge in [-0.15, -0.1) is 0 Å². The lowest BCUT2D eigenvalue weighted by Crippen LogP contribution is -2.36. The van der Waals surface area contributed by atoms with E-state index in [0.29, 0.717) is 5.56 Å². The van der Waals surface area contributed by atoms with Gasteiger partial charge in [0.15, 0.2) is 6.04 Å². The normalized spacial score (nSPS) is 18.7. The van der Waals surface area contributed by atoms with Crippen molar-refractivity contribution >= 4 is 11.7 Å². The van der Waals surface area contributed by atoms with E-state index < -0.39 is 24.2 Å². The molecule has 28 heavy (non-hydrogen) atoms. The molecule has 1 aliphatic heterocycles. The molecule has 2 heterocycles. The van der Waals surface area contributed by atoms with E-state index in [-0.39, 0.29) is 30.8 Å². The van der Waals surface area contributed by atoms with E-state index >= 15 is 0 Å². The molecular weight excluding hydrogens is 371 g/mol. The summed E-state index contributed by atoms with van der Waals surface area (Å²) in [6.07, 6.45) is -3.43. The van der Waals surface area contributed by atoms with Crippen LogP contribution >= 0.6 is 0 Å². The number of hydrogen-bond donors (Lipinski definition) is 1. The number of fused-ring (bicyclic) bond motifs is 1. The fourth-order valence-corrected chi connectivity index (χ4v) is 3.26. The van der Waals surface area contributed by atoms with Crippen LogP contribution in [0.4, 0.5) is 19.0 Å². The molecule has 0 radical (unpaired) electrons. The Balaban J connectivity index is 1.98. The average Bonchev–Trinajstić information content (AvgIpc) is 3.08. The molecule has 148 valence electrons. The first kappa shape index (κ1) is 19.7. The molecule has 1 aromatic heterocycles. The second-order valence-electron chi connectivity index (χ2n) is 6.89. The molecule has 1 aromatic carbocycles. The lowest BCUT2D eigenvalue weighted by atomic mass is 9.96. The number of carbonyl (C=O) groups excluding carboxylic acids is 1. The van der Waals surface area contributed by atoms with Gasteiger partial charge < -0.3 is 10.2 Å². The Hall–Kier alpha value is -3.02. The van der Waals surface area contributed by atoms with Crippen molar-refractivity contribution in [3.63, 3.8) is 0 Å². The van der Waals surface area contributed by atoms with Gasteiger partial charge in [-0.1, -0.05) is 29.8 Å². The number of nitrogens with one attached hydrogen (secondary N) is 1. The largest absolute Gasteiger partial charge is 0.410 e. The van der Waals surface area contributed by atoms with Gasteiger partial charge in [0.2, 0.25) is 0 Å². The van der Waals surface area contributed by atoms with Crippen LogP contribution in [0.15, 0.2) is 30.5 Å². The monoisotopic (exact) mass is 391 g/mol. The summed E-state index contributed by atoms with van der Waals surface area (Å²) in [4.78, 5) is 14.0. The predicted octanol–water partition coefficient (Wildman–Crippen LogP) is 3.84. The number of hydrogen-bond acceptors (Lipinski definition) is 4. The minimum absolute atomic E-state index is 0.0490. The van der Waals surface area contributed by atoms with Gasteiger partial charge in [-0.25, -0.2) is 4.68 Å². The number of alkyl halides is 3. The van der Waals surface area contributed by atoms with E-state index in [1.807, 2.05) is 25.1 Å². The van der Waals surface area contributed by atoms with Crippen molar-refractivity contribution in [2.75, 3.05) is 18.9 Å². The van der Waals surface area contributed by atoms with Crippen molar-refractivity contribution in [1.29, 1.82) is 5.26 Å². The highest BCUT2D eigenvalue weighted by molar-refractivity contribution is 5.98. The molecule has 0 spiro atoms. The molecule has 0 bridgehead atoms. The molecule has 1 N–H and O–H groups in total. The third kappa shape index (κ3) is 3.81. The molecule has 3 rings (SSSR count). The Morgan fingerprint density at radius 3 is 2.68 bits per heavy atom. The average molecular weight is 391 g/mol. The summed E-state index contributed by atoms with van der Waals surface area (Å²) in [5.74, 6) is -0.428. The summed E-state index contributed by atoms with van der Waals surface area (Å²) in [5.41, 5.74) is 1.78. The number of anilines is 1. The van der Waals surface area contributed by atoms with E-state index in [1.165, 1.54) is 11.9 Å². The van der Waals surface area contributed by atoms with Gasteiger partial charge >= 0.3 is 6.18 Å². The maximum absolute atomic E-state index is 13.7. The van der Waals surface area contributed by atoms with Gasteiger partial charge in [0, 0.05) is 20.0 Å². The second-order valence-corrected chi connectivity index (χ2v) is 6.89. The highest BCUT2D eigenvalue weighted by atomic mass is 19.4. The van der Waals surface area contributed by atoms with E-state index in [9.17, 15) is 18.0 Å². The summed E-state index contributed by atoms with van der Waals surface area (Å²) < 4.78 is 41.9. The van der Waals surface area contributed by atoms with Crippen molar-refractivity contribution in [1.82, 2.24) is 14.7 Å². The number of carbonyl (C=O) groups is 1. The summed E-state index contributed by atoms with van der Waals surface area (Å²) in [6.45, 7) is 2.09. The zero-order chi connectivity index (χ0) is 20.5. The van der Waals surface area contributed by atoms with Crippen LogP contribution in [-0.4, -0.2) is 40.4 Å². The first-order valence-electron chi connectivity index (χ1n) is 8.82. The predicted molar refractivity (Wildman–Crippen MR) is 96.7 cm³/mol. The molecule has 2 unspecified atom stereocenters. The molecule has 0 saturated heterocycles. The maximum Gasteiger partial charge on any atom is 0.410 e. The van der Waals surface area contributed by atoms with Crippen molar-refractivity contribution in [2.24, 2.45) is 0 Å². The Bertz CT molecular complexity index is 898. The molecule has 6 nitrogen and oxygen atoms in total. The van der Waals surface area contributed by atoms with Crippen LogP contribution in [0, 0.1) is 18.3 Å². The molecule has 1 amide bonds. The summed E-state index contributed by atoms with van der Waals surface area (Å²) in [6, 6.07) is 6.76. The highest BCUT2D eigenvalue weighted by Crippen LogP contribution is 2.44. The number of aromatic nitrogens is 2. The number of amides is 1. The summed E-state index contributed by atoms with van der Waals surface area (Å²) >= 11 is 0. The standard InChI is InChI=1S/C19H20F3N5O/c1-12-4-6-13(7-5-12)15-10-16(19(20,21)22)27-17(25-15)14(11-24-27)18(28)26(2)9-3-8-23/h4-7,11,15-16,25H,3,9-10H2,1-2H3. The number of aryl methyl sites for hydroxylation is 1. The fraction of sp³-hybridized carbons (Fsp3) is 0.421. The van der Waals surface area contributed by atoms with Crippen LogP contribution in [-0.2, 0) is 0 Å². The van der Waals surface area contributed by atoms with Gasteiger partial charge in [-0.05, 0) is 12.5 Å². The smallest absolute Gasteiger partial charge is 0.363 e. The molecule has 0 fully saturated rings. The van der Waals surface area contributed by atoms with E-state index in [1.54, 1.807) is 12.1 Å². The molecule has 0 aliphatic carbocycles. The van der Waals surface area contributed by atoms with Crippen LogP contribution in [0.25, 0.3) is 0 Å². The lowest BCUT2D eigenvalue weighted by Gasteiger charge is -2.34. The zero-order valence-corrected chi connectivity index (χ0v) is 15.5. The van der Waals surface area contributed by atoms with Gasteiger partial charge in [-0.3, -0.25) is 4.79 Å². The number of halogens is 3. The van der Waals surface area contributed by atoms with Crippen molar-refractivity contribution in [3.05, 3.63) is 47.2 Å². The van der Waals surface area contributed by atoms with Crippen LogP contribution in [0.1, 0.15) is 46.4 Å². The van der Waals surface area contributed by atoms with Gasteiger partial charge in [0.25, 0.3) is 5.91 Å². The quantitative estimate of drug-likeness (QED) is 0.860. The van der Waals surface area contributed by atoms with Crippen molar-refractivity contribution < 1.29 is 18.0 Å². The zero-order valence-electron chi connectivity index (χ0n) is 15.5. The lowest BCUT2D eigenvalue weighted by molar-refractivity contribution is -0.173. The number of nitriles is 1. The molecule has 2 aromatic rings. The van der Waals surface area contributed by atoms with Crippen LogP contribution in [0.5, 0.6) is 0 Å². The Morgan fingerprint density at radius 2 is 2.07 bits per heavy atom. The van der Waals surface area contributed by atoms with Gasteiger partial charge in [0.05, 0.1) is 24.7 Å². The van der Waals surface area contributed by atoms with Crippen molar-refractivity contribution in [3.8, 4) is 6.07 Å². The SMILES string of the molecule is Cc1ccc(C2CC(C(F)(F)F)n3ncc(C(=O)N(C)CCC#N)c3N2)cc1. The molecule has 2 atom stereocenters. The van der Waals surface area contributed by atoms with Crippen LogP contribution in [0.2, 0.25) is 0 Å². The van der Waals surface area contributed by atoms with Crippen LogP contribution < -0.4 is 5.32 Å². The highest BCUT2D eigenvalue weighted by Gasteiger charge is 2.47. The molecule has 0 saturated carbocycles. The molecular formula is C19H20F3N5O. The first-order chi connectivity index (χ1) is 13.2. The number of benzene rings is 1. The minimum Gasteiger partial charge on any atom is -0.363 e. The summed E-state index contributed by atoms with van der Waals surface area (Å²) in [7, 11) is 1.51. The maximum atomic E-state index is 13.7. The van der Waals surface area contributed by atoms with E-state index in [2.05, 4.69) is 10.4 Å². The Labute approximate surface area is 160 Å². The Morgan fingerprint density at radius 1 is 1.39 bits per heavy atom. The third-order valence-corrected chi connectivity index (χ3v) is 4.85. The number of rotatable bonds is 4. The second kappa shape index (κ2) is 7.54. The van der Waals surface area contributed by atoms with Crippen LogP contribution in [0.3, 0.4) is 0 Å². The first-order valence-corrected chi connectivity index (χ1v) is 8.82. The molecule has 9 heteroatoms. The minimum atomic E-state index is -4.50. The van der Waals surface area contributed by atoms with Crippen molar-refractivity contribution in [2.45, 2.75) is 38.0 Å². The van der Waals surface area contributed by atoms with Gasteiger partial charge in [0.1, 0.15) is 11.4 Å². The van der Waals surface area contributed by atoms with Gasteiger partial charge in [-0.2, -0.15) is 23.5 Å². The fourth-order valence-electron chi connectivity index (χ4n) is 3.26. The molecule has 1 aliphatic rings. The van der Waals surface area contributed by atoms with E-state index in [4.69, 9.17) is 5.26 Å². The summed E-state index contributed by atoms with van der Waals surface area (Å²) in [5, 5.41) is 15.6. The topological polar surface area (TPSA) is 74.0 Å².